The first-order chi connectivity index (χ1) is 9.13. The summed E-state index contributed by atoms with van der Waals surface area (Å²) in [5, 5.41) is 0. The van der Waals surface area contributed by atoms with Crippen LogP contribution in [-0.2, 0) is 19.9 Å². The first-order valence-electron chi connectivity index (χ1n) is 5.90. The second-order valence-corrected chi connectivity index (χ2v) is 9.80. The van der Waals surface area contributed by atoms with Gasteiger partial charge in [-0.3, -0.25) is 0 Å². The molecule has 20 heavy (non-hydrogen) atoms. The van der Waals surface area contributed by atoms with Gasteiger partial charge >= 0.3 is 0 Å². The fraction of sp³-hybridized carbons (Fsp3) is 0.455. The van der Waals surface area contributed by atoms with Gasteiger partial charge in [-0.2, -0.15) is 4.31 Å². The van der Waals surface area contributed by atoms with Crippen molar-refractivity contribution >= 4 is 41.5 Å². The van der Waals surface area contributed by atoms with E-state index < -0.39 is 19.9 Å². The Morgan fingerprint density at radius 2 is 1.80 bits per heavy atom. The number of nitrogens with zero attached hydrogens (tertiary/aromatic N) is 1. The second kappa shape index (κ2) is 5.28. The van der Waals surface area contributed by atoms with Crippen molar-refractivity contribution in [3.63, 3.8) is 0 Å². The standard InChI is InChI=1S/C11H15BrN2O4S2/c1-8-10(13)6-9(12)7-11(8)20(17,18)14-2-4-19(15,16)5-3-14/h6-7H,2-5,13H2,1H3. The van der Waals surface area contributed by atoms with Gasteiger partial charge in [-0.25, -0.2) is 16.8 Å². The summed E-state index contributed by atoms with van der Waals surface area (Å²) in [6, 6.07) is 3.12. The van der Waals surface area contributed by atoms with Crippen LogP contribution < -0.4 is 5.73 Å². The average Bonchev–Trinajstić information content (AvgIpc) is 2.33. The van der Waals surface area contributed by atoms with Gasteiger partial charge < -0.3 is 5.73 Å². The summed E-state index contributed by atoms with van der Waals surface area (Å²) in [6.45, 7) is 1.60. The van der Waals surface area contributed by atoms with Crippen LogP contribution in [0, 0.1) is 6.92 Å². The fourth-order valence-electron chi connectivity index (χ4n) is 2.02. The van der Waals surface area contributed by atoms with Crippen LogP contribution in [0.1, 0.15) is 5.56 Å². The molecule has 9 heteroatoms. The van der Waals surface area contributed by atoms with E-state index in [0.717, 1.165) is 0 Å². The summed E-state index contributed by atoms with van der Waals surface area (Å²) in [6.07, 6.45) is 0. The minimum atomic E-state index is -3.73. The molecule has 0 atom stereocenters. The van der Waals surface area contributed by atoms with E-state index in [4.69, 9.17) is 5.73 Å². The molecule has 0 bridgehead atoms. The van der Waals surface area contributed by atoms with E-state index in [1.165, 1.54) is 10.4 Å². The Labute approximate surface area is 127 Å². The molecule has 1 fully saturated rings. The quantitative estimate of drug-likeness (QED) is 0.761. The topological polar surface area (TPSA) is 97.5 Å². The number of rotatable bonds is 2. The number of anilines is 1. The predicted octanol–water partition coefficient (Wildman–Crippen LogP) is 0.759. The van der Waals surface area contributed by atoms with Gasteiger partial charge in [-0.05, 0) is 24.6 Å². The lowest BCUT2D eigenvalue weighted by Crippen LogP contribution is -2.43. The summed E-state index contributed by atoms with van der Waals surface area (Å²) < 4.78 is 49.7. The van der Waals surface area contributed by atoms with Crippen LogP contribution in [0.15, 0.2) is 21.5 Å². The van der Waals surface area contributed by atoms with Gasteiger partial charge in [0.2, 0.25) is 10.0 Å². The van der Waals surface area contributed by atoms with Crippen LogP contribution in [-0.4, -0.2) is 45.7 Å². The van der Waals surface area contributed by atoms with Crippen LogP contribution >= 0.6 is 15.9 Å². The monoisotopic (exact) mass is 382 g/mol. The Bertz CT molecular complexity index is 730. The molecule has 0 aliphatic carbocycles. The number of benzene rings is 1. The number of halogens is 1. The molecule has 112 valence electrons. The van der Waals surface area contributed by atoms with Crippen LogP contribution in [0.2, 0.25) is 0 Å². The third-order valence-electron chi connectivity index (χ3n) is 3.29. The molecule has 0 amide bonds. The summed E-state index contributed by atoms with van der Waals surface area (Å²) in [7, 11) is -6.85. The Morgan fingerprint density at radius 1 is 1.25 bits per heavy atom. The molecule has 0 aromatic heterocycles. The molecule has 1 aliphatic heterocycles. The van der Waals surface area contributed by atoms with Crippen molar-refractivity contribution in [1.82, 2.24) is 4.31 Å². The van der Waals surface area contributed by atoms with Crippen LogP contribution in [0.25, 0.3) is 0 Å². The maximum Gasteiger partial charge on any atom is 0.243 e. The predicted molar refractivity (Wildman–Crippen MR) is 80.7 cm³/mol. The molecule has 0 unspecified atom stereocenters. The highest BCUT2D eigenvalue weighted by atomic mass is 79.9. The van der Waals surface area contributed by atoms with Crippen molar-refractivity contribution < 1.29 is 16.8 Å². The zero-order valence-corrected chi connectivity index (χ0v) is 14.1. The molecule has 0 saturated carbocycles. The van der Waals surface area contributed by atoms with Gasteiger partial charge in [0.1, 0.15) is 0 Å². The largest absolute Gasteiger partial charge is 0.398 e. The second-order valence-electron chi connectivity index (χ2n) is 4.67. The third-order valence-corrected chi connectivity index (χ3v) is 7.38. The smallest absolute Gasteiger partial charge is 0.243 e. The molecule has 1 aromatic carbocycles. The van der Waals surface area contributed by atoms with Gasteiger partial charge in [0.15, 0.2) is 9.84 Å². The van der Waals surface area contributed by atoms with E-state index in [2.05, 4.69) is 15.9 Å². The minimum Gasteiger partial charge on any atom is -0.398 e. The fourth-order valence-corrected chi connectivity index (χ4v) is 5.80. The van der Waals surface area contributed by atoms with E-state index >= 15 is 0 Å². The molecule has 2 rings (SSSR count). The molecule has 0 spiro atoms. The SMILES string of the molecule is Cc1c(N)cc(Br)cc1S(=O)(=O)N1CCS(=O)(=O)CC1. The van der Waals surface area contributed by atoms with E-state index in [0.29, 0.717) is 15.7 Å². The van der Waals surface area contributed by atoms with Crippen molar-refractivity contribution in [2.75, 3.05) is 30.3 Å². The van der Waals surface area contributed by atoms with E-state index in [9.17, 15) is 16.8 Å². The maximum atomic E-state index is 12.6. The Morgan fingerprint density at radius 3 is 2.35 bits per heavy atom. The first-order valence-corrected chi connectivity index (χ1v) is 9.95. The highest BCUT2D eigenvalue weighted by Crippen LogP contribution is 2.29. The minimum absolute atomic E-state index is 0.0173. The summed E-state index contributed by atoms with van der Waals surface area (Å²) in [5.41, 5.74) is 6.63. The molecule has 1 saturated heterocycles. The molecule has 1 aliphatic rings. The molecular weight excluding hydrogens is 368 g/mol. The van der Waals surface area contributed by atoms with Crippen molar-refractivity contribution in [2.45, 2.75) is 11.8 Å². The number of nitrogens with two attached hydrogens (primary N) is 1. The molecule has 1 heterocycles. The van der Waals surface area contributed by atoms with Gasteiger partial charge in [0.25, 0.3) is 0 Å². The van der Waals surface area contributed by atoms with Crippen LogP contribution in [0.4, 0.5) is 5.69 Å². The van der Waals surface area contributed by atoms with E-state index in [1.54, 1.807) is 13.0 Å². The van der Waals surface area contributed by atoms with Crippen molar-refractivity contribution in [2.24, 2.45) is 0 Å². The number of sulfonamides is 1. The van der Waals surface area contributed by atoms with Gasteiger partial charge in [0, 0.05) is 23.2 Å². The third kappa shape index (κ3) is 3.00. The summed E-state index contributed by atoms with van der Waals surface area (Å²) in [5.74, 6) is -0.288. The molecule has 6 nitrogen and oxygen atoms in total. The highest BCUT2D eigenvalue weighted by molar-refractivity contribution is 9.10. The van der Waals surface area contributed by atoms with Crippen molar-refractivity contribution in [3.05, 3.63) is 22.2 Å². The number of sulfone groups is 1. The highest BCUT2D eigenvalue weighted by Gasteiger charge is 2.32. The number of hydrogen-bond acceptors (Lipinski definition) is 5. The van der Waals surface area contributed by atoms with Gasteiger partial charge in [-0.1, -0.05) is 15.9 Å². The average molecular weight is 383 g/mol. The molecular formula is C11H15BrN2O4S2. The molecule has 2 N–H and O–H groups in total. The Hall–Kier alpha value is -0.640. The van der Waals surface area contributed by atoms with Crippen LogP contribution in [0.3, 0.4) is 0 Å². The summed E-state index contributed by atoms with van der Waals surface area (Å²) >= 11 is 3.22. The Kier molecular flexibility index (Phi) is 4.16. The molecule has 0 radical (unpaired) electrons. The lowest BCUT2D eigenvalue weighted by Gasteiger charge is -2.26. The Balaban J connectivity index is 2.42. The zero-order valence-electron chi connectivity index (χ0n) is 10.8. The van der Waals surface area contributed by atoms with E-state index in [1.807, 2.05) is 0 Å². The normalized spacial score (nSPS) is 19.9. The first kappa shape index (κ1) is 15.7. The van der Waals surface area contributed by atoms with Gasteiger partial charge in [0.05, 0.1) is 16.4 Å². The maximum absolute atomic E-state index is 12.6. The lowest BCUT2D eigenvalue weighted by atomic mass is 10.2. The van der Waals surface area contributed by atoms with Crippen molar-refractivity contribution in [3.8, 4) is 0 Å². The number of hydrogen-bond donors (Lipinski definition) is 1. The lowest BCUT2D eigenvalue weighted by molar-refractivity contribution is 0.430. The summed E-state index contributed by atoms with van der Waals surface area (Å²) in [4.78, 5) is 0.115. The number of nitrogen functional groups attached to an aromatic ring is 1. The zero-order chi connectivity index (χ0) is 15.1. The van der Waals surface area contributed by atoms with Crippen molar-refractivity contribution in [1.29, 1.82) is 0 Å². The van der Waals surface area contributed by atoms with Crippen LogP contribution in [0.5, 0.6) is 0 Å². The van der Waals surface area contributed by atoms with Gasteiger partial charge in [-0.15, -0.1) is 0 Å². The van der Waals surface area contributed by atoms with E-state index in [-0.39, 0.29) is 29.5 Å². The molecule has 1 aromatic rings.